The summed E-state index contributed by atoms with van der Waals surface area (Å²) in [5.41, 5.74) is 8.16. The van der Waals surface area contributed by atoms with E-state index in [4.69, 9.17) is 5.53 Å². The molecular weight excluding hydrogens is 322 g/mol. The van der Waals surface area contributed by atoms with E-state index in [0.717, 1.165) is 6.42 Å². The average molecular weight is 339 g/mol. The van der Waals surface area contributed by atoms with E-state index < -0.39 is 0 Å². The molecule has 0 aromatic heterocycles. The Morgan fingerprint density at radius 3 is 2.33 bits per heavy atom. The van der Waals surface area contributed by atoms with Crippen LogP contribution in [-0.2, 0) is 21.1 Å². The van der Waals surface area contributed by atoms with E-state index >= 15 is 0 Å². The second kappa shape index (κ2) is 11.0. The molecule has 0 spiro atoms. The van der Waals surface area contributed by atoms with Crippen LogP contribution >= 0.6 is 0 Å². The summed E-state index contributed by atoms with van der Waals surface area (Å²) in [5, 5.41) is 3.66. The Morgan fingerprint density at radius 1 is 1.58 bits per heavy atom. The zero-order valence-electron chi connectivity index (χ0n) is 8.19. The summed E-state index contributed by atoms with van der Waals surface area (Å²) in [5.74, 6) is 0.390. The number of azide groups is 1. The van der Waals surface area contributed by atoms with Crippen LogP contribution in [0.4, 0.5) is 0 Å². The monoisotopic (exact) mass is 339 g/mol. The van der Waals surface area contributed by atoms with Crippen molar-refractivity contribution in [3.05, 3.63) is 24.3 Å². The summed E-state index contributed by atoms with van der Waals surface area (Å²) >= 11 is 0. The van der Waals surface area contributed by atoms with E-state index in [1.807, 2.05) is 13.8 Å². The molecule has 2 atom stereocenters. The summed E-state index contributed by atoms with van der Waals surface area (Å²) in [6.45, 7) is 6.07. The molecule has 0 bridgehead atoms. The van der Waals surface area contributed by atoms with Gasteiger partial charge < -0.3 is 13.8 Å². The Hall–Kier alpha value is -0.00169. The van der Waals surface area contributed by atoms with E-state index in [-0.39, 0.29) is 34.5 Å². The van der Waals surface area contributed by atoms with Crippen LogP contribution in [0.15, 0.2) is 5.11 Å². The molecule has 70 valence electrons. The second-order valence-electron chi connectivity index (χ2n) is 2.37. The smallest absolute Gasteiger partial charge is 0.358 e. The first-order chi connectivity index (χ1) is 4.76. The summed E-state index contributed by atoms with van der Waals surface area (Å²) in [4.78, 5) is 2.78. The van der Waals surface area contributed by atoms with Crippen LogP contribution in [0.25, 0.3) is 10.4 Å². The predicted molar refractivity (Wildman–Crippen MR) is 48.8 cm³/mol. The van der Waals surface area contributed by atoms with Crippen molar-refractivity contribution in [1.82, 2.24) is 0 Å². The van der Waals surface area contributed by atoms with Crippen molar-refractivity contribution >= 4 is 0 Å². The molecule has 1 unspecified atom stereocenters. The molecule has 12 heavy (non-hydrogen) atoms. The largest absolute Gasteiger partial charge is 2.00 e. The van der Waals surface area contributed by atoms with Crippen molar-refractivity contribution < 1.29 is 21.1 Å². The van der Waals surface area contributed by atoms with Crippen molar-refractivity contribution in [1.29, 1.82) is 0 Å². The van der Waals surface area contributed by atoms with Crippen LogP contribution in [-0.4, -0.2) is 6.04 Å². The fourth-order valence-corrected chi connectivity index (χ4v) is 0.847. The van der Waals surface area contributed by atoms with Gasteiger partial charge in [-0.2, -0.15) is 12.8 Å². The molecular formula is C8H17N3W. The molecule has 0 fully saturated rings. The van der Waals surface area contributed by atoms with Crippen molar-refractivity contribution in [2.45, 2.75) is 33.2 Å². The molecule has 3 nitrogen and oxygen atoms in total. The Bertz CT molecular complexity index is 132. The predicted octanol–water partition coefficient (Wildman–Crippen LogP) is 3.38. The Morgan fingerprint density at radius 2 is 2.08 bits per heavy atom. The van der Waals surface area contributed by atoms with Gasteiger partial charge in [0.15, 0.2) is 0 Å². The number of nitrogens with zero attached hydrogens (tertiary/aromatic N) is 3. The normalized spacial score (nSPS) is 12.9. The first kappa shape index (κ1) is 17.9. The van der Waals surface area contributed by atoms with Gasteiger partial charge in [-0.05, 0) is 12.0 Å². The van der Waals surface area contributed by atoms with Crippen molar-refractivity contribution in [2.75, 3.05) is 0 Å². The maximum Gasteiger partial charge on any atom is 2.00 e. The van der Waals surface area contributed by atoms with E-state index in [2.05, 4.69) is 23.4 Å². The molecule has 0 aromatic carbocycles. The fourth-order valence-electron chi connectivity index (χ4n) is 0.847. The molecule has 0 aliphatic rings. The number of hydrogen-bond acceptors (Lipinski definition) is 1. The van der Waals surface area contributed by atoms with Gasteiger partial charge in [0.1, 0.15) is 0 Å². The molecule has 0 aliphatic heterocycles. The van der Waals surface area contributed by atoms with Gasteiger partial charge in [-0.15, -0.1) is 0 Å². The minimum Gasteiger partial charge on any atom is -0.358 e. The van der Waals surface area contributed by atoms with Gasteiger partial charge >= 0.3 is 21.1 Å². The van der Waals surface area contributed by atoms with E-state index in [1.54, 1.807) is 0 Å². The van der Waals surface area contributed by atoms with Crippen LogP contribution in [0.1, 0.15) is 27.2 Å². The third-order valence-corrected chi connectivity index (χ3v) is 1.75. The minimum absolute atomic E-state index is 0. The minimum atomic E-state index is 0. The topological polar surface area (TPSA) is 48.8 Å². The second-order valence-corrected chi connectivity index (χ2v) is 2.37. The van der Waals surface area contributed by atoms with Crippen molar-refractivity contribution in [3.63, 3.8) is 0 Å². The standard InChI is InChI=1S/C7H14N3.CH3.W/c1-4-6(3)7(5-2)9-10-8;;/h4,6-7H,5H2,1-3H3;1H3;/q2*-1;+2/t6-,7?;;/m1../s1. The molecule has 0 radical (unpaired) electrons. The summed E-state index contributed by atoms with van der Waals surface area (Å²) in [7, 11) is 0. The maximum atomic E-state index is 8.16. The van der Waals surface area contributed by atoms with Crippen LogP contribution in [0.5, 0.6) is 0 Å². The maximum absolute atomic E-state index is 8.16. The van der Waals surface area contributed by atoms with Gasteiger partial charge in [-0.3, -0.25) is 0 Å². The van der Waals surface area contributed by atoms with Gasteiger partial charge in [0.05, 0.1) is 0 Å². The van der Waals surface area contributed by atoms with E-state index in [1.165, 1.54) is 0 Å². The van der Waals surface area contributed by atoms with Gasteiger partial charge in [0, 0.05) is 11.0 Å². The zero-order chi connectivity index (χ0) is 7.98. The quantitative estimate of drug-likeness (QED) is 0.326. The number of hydrogen-bond donors (Lipinski definition) is 0. The molecule has 0 saturated carbocycles. The molecule has 0 saturated heterocycles. The van der Waals surface area contributed by atoms with E-state index in [9.17, 15) is 0 Å². The zero-order valence-corrected chi connectivity index (χ0v) is 11.1. The van der Waals surface area contributed by atoms with Crippen LogP contribution in [0, 0.1) is 19.8 Å². The number of rotatable bonds is 4. The Balaban J connectivity index is -0.000000405. The Labute approximate surface area is 89.8 Å². The molecule has 0 aromatic rings. The SMILES string of the molecule is C[CH-][C@@H](C)C(CC)N=[N+]=[N-].[CH3-].[W+2]. The third-order valence-electron chi connectivity index (χ3n) is 1.75. The molecule has 0 rings (SSSR count). The van der Waals surface area contributed by atoms with Crippen LogP contribution in [0.3, 0.4) is 0 Å². The van der Waals surface area contributed by atoms with Crippen molar-refractivity contribution in [3.8, 4) is 0 Å². The van der Waals surface area contributed by atoms with Gasteiger partial charge in [0.25, 0.3) is 0 Å². The van der Waals surface area contributed by atoms with Crippen LogP contribution < -0.4 is 0 Å². The molecule has 0 N–H and O–H groups in total. The fraction of sp³-hybridized carbons (Fsp3) is 0.750. The van der Waals surface area contributed by atoms with Crippen LogP contribution in [0.2, 0.25) is 0 Å². The Kier molecular flexibility index (Phi) is 16.4. The molecule has 0 heterocycles. The third kappa shape index (κ3) is 6.69. The summed E-state index contributed by atoms with van der Waals surface area (Å²) in [6, 6.07) is 0.134. The average Bonchev–Trinajstić information content (AvgIpc) is 1.99. The first-order valence-electron chi connectivity index (χ1n) is 3.59. The first-order valence-corrected chi connectivity index (χ1v) is 3.59. The molecule has 0 aliphatic carbocycles. The molecule has 4 heteroatoms. The van der Waals surface area contributed by atoms with Crippen molar-refractivity contribution in [2.24, 2.45) is 11.0 Å². The van der Waals surface area contributed by atoms with E-state index in [0.29, 0.717) is 5.92 Å². The molecule has 0 amide bonds. The summed E-state index contributed by atoms with van der Waals surface area (Å²) < 4.78 is 0. The van der Waals surface area contributed by atoms with Gasteiger partial charge in [-0.25, -0.2) is 0 Å². The summed E-state index contributed by atoms with van der Waals surface area (Å²) in [6.07, 6.45) is 2.97. The van der Waals surface area contributed by atoms with Gasteiger partial charge in [-0.1, -0.05) is 19.0 Å². The van der Waals surface area contributed by atoms with Gasteiger partial charge in [0.2, 0.25) is 0 Å².